The van der Waals surface area contributed by atoms with E-state index in [1.807, 2.05) is 0 Å². The molecular formula is H2FNOP2. The molecule has 0 aliphatic heterocycles. The van der Waals surface area contributed by atoms with Crippen LogP contribution in [0.15, 0.2) is 4.52 Å². The Morgan fingerprint density at radius 3 is 2.20 bits per heavy atom. The first-order valence-corrected chi connectivity index (χ1v) is 2.43. The van der Waals surface area contributed by atoms with Crippen LogP contribution in [0.2, 0.25) is 0 Å². The van der Waals surface area contributed by atoms with Gasteiger partial charge in [-0.3, -0.25) is 0 Å². The van der Waals surface area contributed by atoms with Crippen molar-refractivity contribution < 1.29 is 9.09 Å². The third-order valence-electron chi connectivity index (χ3n) is 0.0908. The molecule has 30 valence electrons. The first-order chi connectivity index (χ1) is 2.27. The quantitative estimate of drug-likeness (QED) is 0.423. The maximum absolute atomic E-state index is 10.8. The molecule has 0 radical (unpaired) electrons. The highest BCUT2D eigenvalue weighted by Crippen LogP contribution is 2.16. The highest BCUT2D eigenvalue weighted by atomic mass is 31.2. The van der Waals surface area contributed by atoms with Crippen LogP contribution in [0.3, 0.4) is 0 Å². The van der Waals surface area contributed by atoms with Crippen LogP contribution < -0.4 is 4.89 Å². The summed E-state index contributed by atoms with van der Waals surface area (Å²) >= 11 is 0. The minimum absolute atomic E-state index is 1.66. The Labute approximate surface area is 32.3 Å². The third-order valence-corrected chi connectivity index (χ3v) is 0.817. The van der Waals surface area contributed by atoms with E-state index in [0.717, 1.165) is 0 Å². The van der Waals surface area contributed by atoms with Crippen molar-refractivity contribution in [3.05, 3.63) is 0 Å². The lowest BCUT2D eigenvalue weighted by molar-refractivity contribution is -0.164. The lowest BCUT2D eigenvalue weighted by atomic mass is 13.9. The van der Waals surface area contributed by atoms with Crippen molar-refractivity contribution in [1.82, 2.24) is 0 Å². The molecule has 0 rings (SSSR count). The summed E-state index contributed by atoms with van der Waals surface area (Å²) in [6, 6.07) is 0. The van der Waals surface area contributed by atoms with Crippen LogP contribution in [0.1, 0.15) is 0 Å². The second-order valence-corrected chi connectivity index (χ2v) is 1.72. The monoisotopic (exact) mass is 113 g/mol. The molecule has 0 aromatic carbocycles. The van der Waals surface area contributed by atoms with E-state index in [-0.39, 0.29) is 0 Å². The average molecular weight is 113 g/mol. The van der Waals surface area contributed by atoms with Crippen molar-refractivity contribution in [3.63, 3.8) is 0 Å². The summed E-state index contributed by atoms with van der Waals surface area (Å²) in [5, 5.41) is 0. The number of hydrogen-bond acceptors (Lipinski definition) is 2. The van der Waals surface area contributed by atoms with E-state index in [4.69, 9.17) is 4.89 Å². The Kier molecular flexibility index (Phi) is 2.87. The molecule has 0 spiro atoms. The molecule has 0 amide bonds. The van der Waals surface area contributed by atoms with Gasteiger partial charge in [-0.25, -0.2) is 0 Å². The first kappa shape index (κ1) is 5.42. The Balaban J connectivity index is 3.14. The molecule has 5 heteroatoms. The second-order valence-electron chi connectivity index (χ2n) is 0.342. The molecule has 2 atom stereocenters. The molecule has 2 nitrogen and oxygen atoms in total. The molecule has 0 aliphatic carbocycles. The molecule has 0 N–H and O–H groups in total. The van der Waals surface area contributed by atoms with Crippen molar-refractivity contribution in [2.75, 3.05) is 0 Å². The third kappa shape index (κ3) is 4.42. The number of hydrogen-bond donors (Lipinski definition) is 0. The molecule has 0 aromatic heterocycles. The highest BCUT2D eigenvalue weighted by Gasteiger charge is 1.79. The Morgan fingerprint density at radius 1 is 2.00 bits per heavy atom. The maximum Gasteiger partial charge on any atom is 0.404 e. The SMILES string of the molecule is [O-][P+](F)=NP. The van der Waals surface area contributed by atoms with Gasteiger partial charge in [0.25, 0.3) is 0 Å². The van der Waals surface area contributed by atoms with Crippen molar-refractivity contribution in [1.29, 1.82) is 0 Å². The van der Waals surface area contributed by atoms with Crippen LogP contribution in [-0.4, -0.2) is 0 Å². The van der Waals surface area contributed by atoms with Gasteiger partial charge in [-0.2, -0.15) is 0 Å². The summed E-state index contributed by atoms with van der Waals surface area (Å²) < 4.78 is 13.4. The van der Waals surface area contributed by atoms with Gasteiger partial charge in [0.2, 0.25) is 0 Å². The zero-order valence-electron chi connectivity index (χ0n) is 2.26. The zero-order chi connectivity index (χ0) is 4.28. The highest BCUT2D eigenvalue weighted by molar-refractivity contribution is 7.39. The van der Waals surface area contributed by atoms with Gasteiger partial charge in [-0.05, 0) is 0 Å². The van der Waals surface area contributed by atoms with Gasteiger partial charge in [0, 0.05) is 13.6 Å². The lowest BCUT2D eigenvalue weighted by Gasteiger charge is -1.64. The summed E-state index contributed by atoms with van der Waals surface area (Å²) in [4.78, 5) is 9.11. The molecule has 0 fully saturated rings. The summed E-state index contributed by atoms with van der Waals surface area (Å²) in [5.41, 5.74) is 0. The van der Waals surface area contributed by atoms with Gasteiger partial charge >= 0.3 is 8.25 Å². The van der Waals surface area contributed by atoms with Crippen LogP contribution in [0, 0.1) is 0 Å². The Hall–Kier alpha value is 0.420. The van der Waals surface area contributed by atoms with Crippen molar-refractivity contribution in [3.8, 4) is 0 Å². The Bertz CT molecular complexity index is 47.6. The average Bonchev–Trinajstić information content (AvgIpc) is 1.38. The smallest absolute Gasteiger partial charge is 0.404 e. The predicted octanol–water partition coefficient (Wildman–Crippen LogP) is 0.602. The number of halogens is 1. The molecule has 2 unspecified atom stereocenters. The fourth-order valence-corrected chi connectivity index (χ4v) is 0. The van der Waals surface area contributed by atoms with Gasteiger partial charge in [0.1, 0.15) is 0 Å². The number of rotatable bonds is 0. The largest absolute Gasteiger partial charge is 0.579 e. The van der Waals surface area contributed by atoms with Crippen molar-refractivity contribution in [2.45, 2.75) is 0 Å². The van der Waals surface area contributed by atoms with Gasteiger partial charge in [-0.15, -0.1) is 0 Å². The molecule has 0 saturated heterocycles. The minimum atomic E-state index is -2.76. The lowest BCUT2D eigenvalue weighted by Crippen LogP contribution is -1.74. The minimum Gasteiger partial charge on any atom is -0.579 e. The van der Waals surface area contributed by atoms with E-state index in [0.29, 0.717) is 0 Å². The molecule has 5 heavy (non-hydrogen) atoms. The topological polar surface area (TPSA) is 35.4 Å². The summed E-state index contributed by atoms with van der Waals surface area (Å²) in [6.07, 6.45) is 0. The predicted molar refractivity (Wildman–Crippen MR) is 20.2 cm³/mol. The van der Waals surface area contributed by atoms with E-state index < -0.39 is 8.25 Å². The van der Waals surface area contributed by atoms with E-state index >= 15 is 0 Å². The summed E-state index contributed by atoms with van der Waals surface area (Å²) in [5.74, 6) is 0. The van der Waals surface area contributed by atoms with E-state index in [1.54, 1.807) is 9.39 Å². The van der Waals surface area contributed by atoms with Gasteiger partial charge in [0.15, 0.2) is 0 Å². The zero-order valence-corrected chi connectivity index (χ0v) is 4.31. The molecule has 0 saturated carbocycles. The van der Waals surface area contributed by atoms with Crippen molar-refractivity contribution in [2.24, 2.45) is 4.52 Å². The van der Waals surface area contributed by atoms with Crippen molar-refractivity contribution >= 4 is 17.6 Å². The molecule has 0 aliphatic rings. The molecule has 0 bridgehead atoms. The van der Waals surface area contributed by atoms with Gasteiger partial charge in [-0.1, -0.05) is 4.52 Å². The summed E-state index contributed by atoms with van der Waals surface area (Å²) in [6.45, 7) is 0. The van der Waals surface area contributed by atoms with Crippen LogP contribution in [0.4, 0.5) is 4.20 Å². The molecule has 0 aromatic rings. The normalized spacial score (nSPS) is 12.2. The number of nitrogens with zero attached hydrogens (tertiary/aromatic N) is 1. The first-order valence-electron chi connectivity index (χ1n) is 0.810. The fraction of sp³-hybridized carbons (Fsp3) is 0. The van der Waals surface area contributed by atoms with E-state index in [2.05, 4.69) is 4.52 Å². The van der Waals surface area contributed by atoms with Crippen LogP contribution in [0.5, 0.6) is 0 Å². The standard InChI is InChI=1S/FH2NOP2/c1-5(3)2-4/h4H2. The maximum atomic E-state index is 10.8. The van der Waals surface area contributed by atoms with Gasteiger partial charge in [0.05, 0.1) is 0 Å². The van der Waals surface area contributed by atoms with Gasteiger partial charge < -0.3 is 4.89 Å². The second kappa shape index (κ2) is 2.65. The Morgan fingerprint density at radius 2 is 2.20 bits per heavy atom. The van der Waals surface area contributed by atoms with Crippen LogP contribution >= 0.6 is 17.6 Å². The fourth-order valence-electron chi connectivity index (χ4n) is 0. The summed E-state index contributed by atoms with van der Waals surface area (Å²) in [7, 11) is -1.10. The van der Waals surface area contributed by atoms with Crippen LogP contribution in [-0.2, 0) is 0 Å². The van der Waals surface area contributed by atoms with E-state index in [9.17, 15) is 4.20 Å². The van der Waals surface area contributed by atoms with E-state index in [1.165, 1.54) is 0 Å². The molecule has 0 heterocycles. The van der Waals surface area contributed by atoms with Crippen LogP contribution in [0.25, 0.3) is 0 Å². The molecular weight excluding hydrogens is 111 g/mol.